The zero-order valence-electron chi connectivity index (χ0n) is 14.3. The van der Waals surface area contributed by atoms with E-state index in [4.69, 9.17) is 9.47 Å². The van der Waals surface area contributed by atoms with Gasteiger partial charge in [-0.15, -0.1) is 0 Å². The Balaban J connectivity index is 2.32. The van der Waals surface area contributed by atoms with Crippen molar-refractivity contribution in [3.05, 3.63) is 53.6 Å². The number of rotatable bonds is 4. The van der Waals surface area contributed by atoms with Gasteiger partial charge in [0.2, 0.25) is 0 Å². The lowest BCUT2D eigenvalue weighted by Crippen LogP contribution is -2.15. The lowest BCUT2D eigenvalue weighted by Gasteiger charge is -2.21. The van der Waals surface area contributed by atoms with Crippen molar-refractivity contribution in [1.29, 1.82) is 0 Å². The molecule has 0 aromatic heterocycles. The van der Waals surface area contributed by atoms with Gasteiger partial charge >= 0.3 is 0 Å². The first-order valence-electron chi connectivity index (χ1n) is 7.49. The summed E-state index contributed by atoms with van der Waals surface area (Å²) in [5.74, 6) is 1.08. The molecule has 1 amide bonds. The third kappa shape index (κ3) is 4.03. The summed E-state index contributed by atoms with van der Waals surface area (Å²) < 4.78 is 10.5. The maximum atomic E-state index is 12.5. The fourth-order valence-electron chi connectivity index (χ4n) is 2.23. The van der Waals surface area contributed by atoms with Crippen molar-refractivity contribution in [2.24, 2.45) is 0 Å². The van der Waals surface area contributed by atoms with Gasteiger partial charge in [0.25, 0.3) is 5.91 Å². The molecule has 0 fully saturated rings. The molecule has 122 valence electrons. The molecule has 0 saturated carbocycles. The van der Waals surface area contributed by atoms with Gasteiger partial charge in [-0.3, -0.25) is 4.79 Å². The molecule has 0 atom stereocenters. The number of anilines is 1. The molecule has 0 radical (unpaired) electrons. The number of amides is 1. The molecule has 4 nitrogen and oxygen atoms in total. The average molecular weight is 313 g/mol. The summed E-state index contributed by atoms with van der Waals surface area (Å²) in [6.45, 7) is 6.38. The minimum absolute atomic E-state index is 0.0122. The predicted octanol–water partition coefficient (Wildman–Crippen LogP) is 4.25. The number of benzene rings is 2. The molecule has 2 rings (SSSR count). The molecular weight excluding hydrogens is 290 g/mol. The van der Waals surface area contributed by atoms with Crippen LogP contribution in [0.5, 0.6) is 11.5 Å². The van der Waals surface area contributed by atoms with Crippen LogP contribution in [0.25, 0.3) is 0 Å². The van der Waals surface area contributed by atoms with E-state index in [1.165, 1.54) is 0 Å². The van der Waals surface area contributed by atoms with E-state index in [1.54, 1.807) is 38.5 Å². The molecule has 0 aliphatic carbocycles. The fraction of sp³-hybridized carbons (Fsp3) is 0.316. The Hall–Kier alpha value is -2.49. The van der Waals surface area contributed by atoms with E-state index in [1.807, 2.05) is 18.2 Å². The van der Waals surface area contributed by atoms with E-state index < -0.39 is 0 Å². The van der Waals surface area contributed by atoms with Gasteiger partial charge in [-0.05, 0) is 41.3 Å². The summed E-state index contributed by atoms with van der Waals surface area (Å²) in [4.78, 5) is 12.5. The first-order valence-corrected chi connectivity index (χ1v) is 7.49. The Morgan fingerprint density at radius 3 is 2.35 bits per heavy atom. The van der Waals surface area contributed by atoms with E-state index in [-0.39, 0.29) is 11.3 Å². The van der Waals surface area contributed by atoms with Gasteiger partial charge in [-0.1, -0.05) is 32.9 Å². The van der Waals surface area contributed by atoms with Crippen LogP contribution in [0.1, 0.15) is 36.7 Å². The molecule has 1 N–H and O–H groups in total. The van der Waals surface area contributed by atoms with Crippen LogP contribution < -0.4 is 14.8 Å². The predicted molar refractivity (Wildman–Crippen MR) is 92.6 cm³/mol. The number of methoxy groups -OCH3 is 2. The number of carbonyl (C=O) groups excluding carboxylic acids is 1. The summed E-state index contributed by atoms with van der Waals surface area (Å²) in [7, 11) is 3.17. The molecule has 23 heavy (non-hydrogen) atoms. The molecule has 0 spiro atoms. The number of hydrogen-bond donors (Lipinski definition) is 1. The first-order chi connectivity index (χ1) is 10.8. The maximum Gasteiger partial charge on any atom is 0.255 e. The summed E-state index contributed by atoms with van der Waals surface area (Å²) in [6, 6.07) is 12.9. The third-order valence-electron chi connectivity index (χ3n) is 3.65. The molecule has 0 saturated heterocycles. The van der Waals surface area contributed by atoms with E-state index in [9.17, 15) is 4.79 Å². The zero-order chi connectivity index (χ0) is 17.0. The van der Waals surface area contributed by atoms with Crippen molar-refractivity contribution >= 4 is 11.6 Å². The van der Waals surface area contributed by atoms with E-state index in [2.05, 4.69) is 26.1 Å². The Morgan fingerprint density at radius 2 is 1.74 bits per heavy atom. The second-order valence-corrected chi connectivity index (χ2v) is 6.35. The second-order valence-electron chi connectivity index (χ2n) is 6.35. The Morgan fingerprint density at radius 1 is 1.00 bits per heavy atom. The van der Waals surface area contributed by atoms with Gasteiger partial charge in [0.05, 0.1) is 19.9 Å². The normalized spacial score (nSPS) is 11.0. The van der Waals surface area contributed by atoms with Crippen LogP contribution in [-0.2, 0) is 5.41 Å². The highest BCUT2D eigenvalue weighted by Crippen LogP contribution is 2.31. The topological polar surface area (TPSA) is 47.6 Å². The average Bonchev–Trinajstić information content (AvgIpc) is 2.54. The molecule has 0 unspecified atom stereocenters. The van der Waals surface area contributed by atoms with Crippen LogP contribution in [0.15, 0.2) is 42.5 Å². The lowest BCUT2D eigenvalue weighted by atomic mass is 9.87. The van der Waals surface area contributed by atoms with Crippen LogP contribution in [0.4, 0.5) is 5.69 Å². The maximum absolute atomic E-state index is 12.5. The summed E-state index contributed by atoms with van der Waals surface area (Å²) in [5, 5.41) is 2.92. The van der Waals surface area contributed by atoms with Crippen LogP contribution in [0, 0.1) is 0 Å². The highest BCUT2D eigenvalue weighted by Gasteiger charge is 2.17. The van der Waals surface area contributed by atoms with Crippen molar-refractivity contribution in [3.63, 3.8) is 0 Å². The van der Waals surface area contributed by atoms with Crippen LogP contribution >= 0.6 is 0 Å². The molecule has 0 aliphatic heterocycles. The largest absolute Gasteiger partial charge is 0.497 e. The van der Waals surface area contributed by atoms with Gasteiger partial charge < -0.3 is 14.8 Å². The van der Waals surface area contributed by atoms with Gasteiger partial charge in [-0.2, -0.15) is 0 Å². The molecule has 4 heteroatoms. The zero-order valence-corrected chi connectivity index (χ0v) is 14.3. The van der Waals surface area contributed by atoms with Crippen molar-refractivity contribution < 1.29 is 14.3 Å². The van der Waals surface area contributed by atoms with E-state index >= 15 is 0 Å². The standard InChI is InChI=1S/C19H23NO3/c1-19(2,3)14-9-10-17(23-5)16(12-14)20-18(21)13-7-6-8-15(11-13)22-4/h6-12H,1-5H3,(H,20,21). The minimum Gasteiger partial charge on any atom is -0.497 e. The molecule has 0 bridgehead atoms. The summed E-state index contributed by atoms with van der Waals surface area (Å²) >= 11 is 0. The quantitative estimate of drug-likeness (QED) is 0.917. The number of carbonyl (C=O) groups is 1. The Bertz CT molecular complexity index is 702. The first kappa shape index (κ1) is 16.9. The van der Waals surface area contributed by atoms with E-state index in [0.29, 0.717) is 22.7 Å². The summed E-state index contributed by atoms with van der Waals surface area (Å²) in [5.41, 5.74) is 2.31. The van der Waals surface area contributed by atoms with Crippen LogP contribution in [-0.4, -0.2) is 20.1 Å². The molecule has 2 aromatic rings. The number of nitrogens with one attached hydrogen (secondary N) is 1. The van der Waals surface area contributed by atoms with Gasteiger partial charge in [-0.25, -0.2) is 0 Å². The molecular formula is C19H23NO3. The second kappa shape index (κ2) is 6.73. The fourth-order valence-corrected chi connectivity index (χ4v) is 2.23. The summed E-state index contributed by atoms with van der Waals surface area (Å²) in [6.07, 6.45) is 0. The number of hydrogen-bond acceptors (Lipinski definition) is 3. The highest BCUT2D eigenvalue weighted by atomic mass is 16.5. The van der Waals surface area contributed by atoms with Crippen molar-refractivity contribution in [3.8, 4) is 11.5 Å². The SMILES string of the molecule is COc1cccc(C(=O)Nc2cc(C(C)(C)C)ccc2OC)c1. The van der Waals surface area contributed by atoms with Crippen LogP contribution in [0.3, 0.4) is 0 Å². The van der Waals surface area contributed by atoms with Crippen LogP contribution in [0.2, 0.25) is 0 Å². The van der Waals surface area contributed by atoms with Crippen molar-refractivity contribution in [1.82, 2.24) is 0 Å². The smallest absolute Gasteiger partial charge is 0.255 e. The minimum atomic E-state index is -0.201. The van der Waals surface area contributed by atoms with E-state index in [0.717, 1.165) is 5.56 Å². The Labute approximate surface area is 137 Å². The Kier molecular flexibility index (Phi) is 4.94. The highest BCUT2D eigenvalue weighted by molar-refractivity contribution is 6.05. The molecule has 2 aromatic carbocycles. The van der Waals surface area contributed by atoms with Gasteiger partial charge in [0.1, 0.15) is 11.5 Å². The monoisotopic (exact) mass is 313 g/mol. The molecule has 0 heterocycles. The lowest BCUT2D eigenvalue weighted by molar-refractivity contribution is 0.102. The van der Waals surface area contributed by atoms with Gasteiger partial charge in [0.15, 0.2) is 0 Å². The number of ether oxygens (including phenoxy) is 2. The third-order valence-corrected chi connectivity index (χ3v) is 3.65. The van der Waals surface area contributed by atoms with Gasteiger partial charge in [0, 0.05) is 5.56 Å². The van der Waals surface area contributed by atoms with Crippen molar-refractivity contribution in [2.45, 2.75) is 26.2 Å². The molecule has 0 aliphatic rings. The van der Waals surface area contributed by atoms with Crippen molar-refractivity contribution in [2.75, 3.05) is 19.5 Å².